The van der Waals surface area contributed by atoms with E-state index in [1.807, 2.05) is 0 Å². The van der Waals surface area contributed by atoms with Gasteiger partial charge in [0.05, 0.1) is 16.6 Å². The van der Waals surface area contributed by atoms with Gasteiger partial charge in [-0.2, -0.15) is 0 Å². The maximum absolute atomic E-state index is 12.1. The average molecular weight is 360 g/mol. The zero-order chi connectivity index (χ0) is 17.8. The molecule has 0 bridgehead atoms. The van der Waals surface area contributed by atoms with Gasteiger partial charge < -0.3 is 10.4 Å². The number of carbonyl (C=O) groups excluding carboxylic acids is 2. The Bertz CT molecular complexity index is 993. The van der Waals surface area contributed by atoms with Crippen molar-refractivity contribution in [1.82, 2.24) is 15.3 Å². The predicted octanol–water partition coefficient (Wildman–Crippen LogP) is 1.64. The van der Waals surface area contributed by atoms with Crippen LogP contribution in [0.3, 0.4) is 0 Å². The fourth-order valence-electron chi connectivity index (χ4n) is 2.17. The summed E-state index contributed by atoms with van der Waals surface area (Å²) in [6, 6.07) is 9.61. The van der Waals surface area contributed by atoms with Gasteiger partial charge in [-0.3, -0.25) is 20.1 Å². The van der Waals surface area contributed by atoms with Gasteiger partial charge in [0.1, 0.15) is 0 Å². The standard InChI is InChI=1S/C17H12N4O4.Na.H/c22-15(10-4-5-13-14(9-10)19-7-6-18-13)21-17(25)20-12-3-1-2-11(8-12)16(23)24;;/h1-9H,(H,23,24)(H2,20,21,22,25);;. The van der Waals surface area contributed by atoms with E-state index < -0.39 is 17.9 Å². The van der Waals surface area contributed by atoms with Crippen LogP contribution in [0.5, 0.6) is 0 Å². The summed E-state index contributed by atoms with van der Waals surface area (Å²) in [5.41, 5.74) is 1.70. The van der Waals surface area contributed by atoms with Crippen molar-refractivity contribution in [3.8, 4) is 0 Å². The summed E-state index contributed by atoms with van der Waals surface area (Å²) in [7, 11) is 0. The number of nitrogens with one attached hydrogen (secondary N) is 2. The number of amides is 3. The van der Waals surface area contributed by atoms with Crippen molar-refractivity contribution in [2.75, 3.05) is 5.32 Å². The molecule has 3 N–H and O–H groups in total. The Morgan fingerprint density at radius 2 is 1.62 bits per heavy atom. The Hall–Kier alpha value is -2.81. The number of hydrogen-bond acceptors (Lipinski definition) is 5. The summed E-state index contributed by atoms with van der Waals surface area (Å²) in [6.07, 6.45) is 3.05. The molecular weight excluding hydrogens is 347 g/mol. The van der Waals surface area contributed by atoms with Crippen LogP contribution in [-0.2, 0) is 0 Å². The summed E-state index contributed by atoms with van der Waals surface area (Å²) in [5.74, 6) is -1.73. The molecule has 0 spiro atoms. The first-order valence-electron chi connectivity index (χ1n) is 7.19. The fourth-order valence-corrected chi connectivity index (χ4v) is 2.17. The monoisotopic (exact) mass is 360 g/mol. The Morgan fingerprint density at radius 3 is 2.35 bits per heavy atom. The van der Waals surface area contributed by atoms with Crippen LogP contribution < -0.4 is 10.6 Å². The summed E-state index contributed by atoms with van der Waals surface area (Å²) < 4.78 is 0. The number of carboxylic acid groups (broad SMARTS) is 1. The number of aromatic nitrogens is 2. The molecule has 126 valence electrons. The quantitative estimate of drug-likeness (QED) is 0.611. The molecule has 0 aliphatic rings. The fraction of sp³-hybridized carbons (Fsp3) is 0. The van der Waals surface area contributed by atoms with Crippen molar-refractivity contribution in [2.45, 2.75) is 0 Å². The molecule has 8 nitrogen and oxygen atoms in total. The number of anilines is 1. The molecule has 0 atom stereocenters. The molecule has 0 unspecified atom stereocenters. The van der Waals surface area contributed by atoms with Gasteiger partial charge in [0.2, 0.25) is 0 Å². The maximum atomic E-state index is 12.1. The summed E-state index contributed by atoms with van der Waals surface area (Å²) in [5, 5.41) is 13.5. The number of carboxylic acids is 1. The molecule has 3 rings (SSSR count). The van der Waals surface area contributed by atoms with Gasteiger partial charge in [-0.25, -0.2) is 9.59 Å². The Morgan fingerprint density at radius 1 is 0.885 bits per heavy atom. The molecule has 9 heteroatoms. The molecule has 0 saturated heterocycles. The van der Waals surface area contributed by atoms with Crippen molar-refractivity contribution in [1.29, 1.82) is 0 Å². The van der Waals surface area contributed by atoms with Crippen LogP contribution in [0.25, 0.3) is 11.0 Å². The third-order valence-corrected chi connectivity index (χ3v) is 3.33. The topological polar surface area (TPSA) is 121 Å². The molecule has 0 fully saturated rings. The van der Waals surface area contributed by atoms with E-state index in [1.54, 1.807) is 12.3 Å². The van der Waals surface area contributed by atoms with E-state index in [4.69, 9.17) is 5.11 Å². The Balaban J connectivity index is 0.00000243. The summed E-state index contributed by atoms with van der Waals surface area (Å²) in [6.45, 7) is 0. The predicted molar refractivity (Wildman–Crippen MR) is 96.6 cm³/mol. The molecule has 0 aliphatic carbocycles. The number of carbonyl (C=O) groups is 3. The molecule has 0 radical (unpaired) electrons. The number of rotatable bonds is 3. The third kappa shape index (κ3) is 4.63. The minimum atomic E-state index is -1.11. The van der Waals surface area contributed by atoms with Crippen molar-refractivity contribution in [2.24, 2.45) is 0 Å². The second-order valence-electron chi connectivity index (χ2n) is 5.05. The molecule has 0 saturated carbocycles. The Kier molecular flexibility index (Phi) is 6.40. The Labute approximate surface area is 169 Å². The molecule has 2 aromatic carbocycles. The van der Waals surface area contributed by atoms with Gasteiger partial charge in [0, 0.05) is 23.6 Å². The molecule has 3 amide bonds. The van der Waals surface area contributed by atoms with E-state index in [0.717, 1.165) is 0 Å². The number of imide groups is 1. The van der Waals surface area contributed by atoms with E-state index in [2.05, 4.69) is 20.6 Å². The van der Waals surface area contributed by atoms with E-state index in [1.165, 1.54) is 42.6 Å². The molecule has 0 aliphatic heterocycles. The third-order valence-electron chi connectivity index (χ3n) is 3.33. The number of hydrogen-bond donors (Lipinski definition) is 3. The first kappa shape index (κ1) is 19.5. The molecule has 1 aromatic heterocycles. The molecule has 26 heavy (non-hydrogen) atoms. The number of benzene rings is 2. The number of nitrogens with zero attached hydrogens (tertiary/aromatic N) is 2. The normalized spacial score (nSPS) is 9.85. The number of fused-ring (bicyclic) bond motifs is 1. The summed E-state index contributed by atoms with van der Waals surface area (Å²) >= 11 is 0. The average Bonchev–Trinajstić information content (AvgIpc) is 2.61. The van der Waals surface area contributed by atoms with Gasteiger partial charge in [0.25, 0.3) is 5.91 Å². The van der Waals surface area contributed by atoms with Gasteiger partial charge >= 0.3 is 41.6 Å². The van der Waals surface area contributed by atoms with E-state index >= 15 is 0 Å². The van der Waals surface area contributed by atoms with E-state index in [9.17, 15) is 14.4 Å². The second kappa shape index (κ2) is 8.52. The van der Waals surface area contributed by atoms with Crippen LogP contribution in [0.4, 0.5) is 10.5 Å². The van der Waals surface area contributed by atoms with E-state index in [-0.39, 0.29) is 46.4 Å². The van der Waals surface area contributed by atoms with Crippen molar-refractivity contribution in [3.63, 3.8) is 0 Å². The number of urea groups is 1. The first-order valence-corrected chi connectivity index (χ1v) is 7.19. The van der Waals surface area contributed by atoms with Gasteiger partial charge in [-0.15, -0.1) is 0 Å². The van der Waals surface area contributed by atoms with Gasteiger partial charge in [0.15, 0.2) is 0 Å². The van der Waals surface area contributed by atoms with Crippen LogP contribution in [-0.4, -0.2) is 62.5 Å². The van der Waals surface area contributed by atoms with E-state index in [0.29, 0.717) is 11.0 Å². The van der Waals surface area contributed by atoms with Crippen LogP contribution in [0.1, 0.15) is 20.7 Å². The van der Waals surface area contributed by atoms with Crippen LogP contribution in [0, 0.1) is 0 Å². The van der Waals surface area contributed by atoms with Crippen molar-refractivity contribution < 1.29 is 19.5 Å². The zero-order valence-corrected chi connectivity index (χ0v) is 12.8. The number of aromatic carboxylic acids is 1. The van der Waals surface area contributed by atoms with Gasteiger partial charge in [-0.05, 0) is 36.4 Å². The van der Waals surface area contributed by atoms with Crippen molar-refractivity contribution >= 4 is 64.2 Å². The van der Waals surface area contributed by atoms with Gasteiger partial charge in [-0.1, -0.05) is 6.07 Å². The minimum absolute atomic E-state index is 0. The van der Waals surface area contributed by atoms with Crippen LogP contribution in [0.15, 0.2) is 54.9 Å². The molecule has 1 heterocycles. The molecular formula is C17H13N4NaO4. The molecule has 3 aromatic rings. The first-order chi connectivity index (χ1) is 12.0. The SMILES string of the molecule is O=C(NC(=O)c1ccc2nccnc2c1)Nc1cccc(C(=O)O)c1.[NaH]. The van der Waals surface area contributed by atoms with Crippen molar-refractivity contribution in [3.05, 3.63) is 66.0 Å². The summed E-state index contributed by atoms with van der Waals surface area (Å²) in [4.78, 5) is 43.2. The van der Waals surface area contributed by atoms with Crippen LogP contribution >= 0.6 is 0 Å². The second-order valence-corrected chi connectivity index (χ2v) is 5.05. The zero-order valence-electron chi connectivity index (χ0n) is 12.8. The van der Waals surface area contributed by atoms with Crippen LogP contribution in [0.2, 0.25) is 0 Å².